The van der Waals surface area contributed by atoms with Gasteiger partial charge < -0.3 is 10.5 Å². The highest BCUT2D eigenvalue weighted by Gasteiger charge is 2.32. The number of rotatable bonds is 3. The van der Waals surface area contributed by atoms with E-state index in [0.29, 0.717) is 11.3 Å². The molecule has 1 aromatic carbocycles. The normalized spacial score (nSPS) is 13.6. The Morgan fingerprint density at radius 1 is 1.44 bits per heavy atom. The average Bonchev–Trinajstić information content (AvgIpc) is 2.18. The molecule has 0 amide bonds. The molecular formula is C9H9ClF3NOS. The van der Waals surface area contributed by atoms with E-state index in [1.54, 1.807) is 0 Å². The van der Waals surface area contributed by atoms with Crippen LogP contribution in [0.3, 0.4) is 0 Å². The second-order valence-electron chi connectivity index (χ2n) is 3.03. The first kappa shape index (κ1) is 13.5. The summed E-state index contributed by atoms with van der Waals surface area (Å²) in [4.78, 5) is 0. The Kier molecular flexibility index (Phi) is 4.35. The van der Waals surface area contributed by atoms with Crippen LogP contribution in [-0.4, -0.2) is 12.1 Å². The fourth-order valence-electron chi connectivity index (χ4n) is 1.06. The third-order valence-electron chi connectivity index (χ3n) is 1.81. The van der Waals surface area contributed by atoms with Crippen LogP contribution in [0.4, 0.5) is 13.2 Å². The Labute approximate surface area is 101 Å². The second-order valence-corrected chi connectivity index (χ2v) is 3.80. The SMILES string of the molecule is NC(CS)c1ccc(Cl)c(OC(F)(F)F)c1. The average molecular weight is 272 g/mol. The fourth-order valence-corrected chi connectivity index (χ4v) is 1.43. The predicted octanol–water partition coefficient (Wildman–Crippen LogP) is 3.17. The number of hydrogen-bond donors (Lipinski definition) is 2. The maximum atomic E-state index is 12.0. The molecular weight excluding hydrogens is 263 g/mol. The number of ether oxygens (including phenoxy) is 1. The summed E-state index contributed by atoms with van der Waals surface area (Å²) in [5, 5.41) is -0.118. The molecule has 2 N–H and O–H groups in total. The molecule has 2 nitrogen and oxygen atoms in total. The van der Waals surface area contributed by atoms with E-state index < -0.39 is 18.2 Å². The molecule has 16 heavy (non-hydrogen) atoms. The molecule has 0 saturated carbocycles. The van der Waals surface area contributed by atoms with Gasteiger partial charge in [-0.15, -0.1) is 13.2 Å². The molecule has 1 atom stereocenters. The number of benzene rings is 1. The van der Waals surface area contributed by atoms with Crippen molar-refractivity contribution in [1.29, 1.82) is 0 Å². The Hall–Kier alpha value is -0.590. The van der Waals surface area contributed by atoms with Crippen LogP contribution in [-0.2, 0) is 0 Å². The second kappa shape index (κ2) is 5.16. The first-order chi connectivity index (χ1) is 7.33. The minimum atomic E-state index is -4.77. The van der Waals surface area contributed by atoms with Crippen LogP contribution in [0.25, 0.3) is 0 Å². The summed E-state index contributed by atoms with van der Waals surface area (Å²) < 4.78 is 39.8. The third kappa shape index (κ3) is 3.77. The van der Waals surface area contributed by atoms with E-state index in [-0.39, 0.29) is 5.02 Å². The van der Waals surface area contributed by atoms with Crippen molar-refractivity contribution < 1.29 is 17.9 Å². The lowest BCUT2D eigenvalue weighted by Crippen LogP contribution is -2.18. The highest BCUT2D eigenvalue weighted by molar-refractivity contribution is 7.80. The third-order valence-corrected chi connectivity index (χ3v) is 2.51. The molecule has 0 aliphatic carbocycles. The van der Waals surface area contributed by atoms with Gasteiger partial charge in [0, 0.05) is 11.8 Å². The van der Waals surface area contributed by atoms with E-state index >= 15 is 0 Å². The summed E-state index contributed by atoms with van der Waals surface area (Å²) in [7, 11) is 0. The van der Waals surface area contributed by atoms with E-state index in [2.05, 4.69) is 17.4 Å². The Bertz CT molecular complexity index is 372. The minimum Gasteiger partial charge on any atom is -0.404 e. The summed E-state index contributed by atoms with van der Waals surface area (Å²) in [6.45, 7) is 0. The van der Waals surface area contributed by atoms with Crippen LogP contribution in [0, 0.1) is 0 Å². The van der Waals surface area contributed by atoms with Crippen molar-refractivity contribution in [2.75, 3.05) is 5.75 Å². The van der Waals surface area contributed by atoms with Crippen molar-refractivity contribution in [3.63, 3.8) is 0 Å². The summed E-state index contributed by atoms with van der Waals surface area (Å²) in [5.74, 6) is -0.142. The molecule has 0 radical (unpaired) electrons. The maximum absolute atomic E-state index is 12.0. The number of halogens is 4. The van der Waals surface area contributed by atoms with Crippen LogP contribution >= 0.6 is 24.2 Å². The van der Waals surface area contributed by atoms with Gasteiger partial charge in [-0.2, -0.15) is 12.6 Å². The number of alkyl halides is 3. The monoisotopic (exact) mass is 271 g/mol. The molecule has 7 heteroatoms. The molecule has 0 aromatic heterocycles. The maximum Gasteiger partial charge on any atom is 0.573 e. The first-order valence-corrected chi connectivity index (χ1v) is 5.26. The molecule has 90 valence electrons. The summed E-state index contributed by atoms with van der Waals surface area (Å²) >= 11 is 9.52. The molecule has 0 saturated heterocycles. The van der Waals surface area contributed by atoms with Crippen LogP contribution in [0.1, 0.15) is 11.6 Å². The number of hydrogen-bond acceptors (Lipinski definition) is 3. The van der Waals surface area contributed by atoms with Crippen LogP contribution in [0.5, 0.6) is 5.75 Å². The molecule has 0 fully saturated rings. The first-order valence-electron chi connectivity index (χ1n) is 4.25. The lowest BCUT2D eigenvalue weighted by atomic mass is 10.1. The van der Waals surface area contributed by atoms with Crippen LogP contribution in [0.2, 0.25) is 5.02 Å². The Balaban J connectivity index is 2.99. The fraction of sp³-hybridized carbons (Fsp3) is 0.333. The van der Waals surface area contributed by atoms with Crippen molar-refractivity contribution in [1.82, 2.24) is 0 Å². The number of thiol groups is 1. The van der Waals surface area contributed by atoms with Crippen molar-refractivity contribution in [2.24, 2.45) is 5.73 Å². The highest BCUT2D eigenvalue weighted by atomic mass is 35.5. The topological polar surface area (TPSA) is 35.2 Å². The zero-order valence-electron chi connectivity index (χ0n) is 7.96. The molecule has 0 spiro atoms. The van der Waals surface area contributed by atoms with Gasteiger partial charge in [0.2, 0.25) is 0 Å². The highest BCUT2D eigenvalue weighted by Crippen LogP contribution is 2.32. The van der Waals surface area contributed by atoms with Gasteiger partial charge in [0.1, 0.15) is 5.75 Å². The molecule has 1 rings (SSSR count). The smallest absolute Gasteiger partial charge is 0.404 e. The Morgan fingerprint density at radius 3 is 2.56 bits per heavy atom. The summed E-state index contributed by atoms with van der Waals surface area (Å²) in [6.07, 6.45) is -4.77. The van der Waals surface area contributed by atoms with Gasteiger partial charge >= 0.3 is 6.36 Å². The molecule has 0 aliphatic rings. The van der Waals surface area contributed by atoms with E-state index in [0.717, 1.165) is 6.07 Å². The quantitative estimate of drug-likeness (QED) is 0.829. The summed E-state index contributed by atoms with van der Waals surface area (Å²) in [6, 6.07) is 3.54. The number of nitrogens with two attached hydrogens (primary N) is 1. The minimum absolute atomic E-state index is 0.118. The van der Waals surface area contributed by atoms with Crippen molar-refractivity contribution in [3.8, 4) is 5.75 Å². The van der Waals surface area contributed by atoms with Crippen LogP contribution < -0.4 is 10.5 Å². The lowest BCUT2D eigenvalue weighted by molar-refractivity contribution is -0.274. The van der Waals surface area contributed by atoms with Gasteiger partial charge in [-0.25, -0.2) is 0 Å². The largest absolute Gasteiger partial charge is 0.573 e. The zero-order chi connectivity index (χ0) is 12.3. The van der Waals surface area contributed by atoms with Crippen molar-refractivity contribution in [2.45, 2.75) is 12.4 Å². The molecule has 0 aliphatic heterocycles. The van der Waals surface area contributed by atoms with Gasteiger partial charge in [-0.3, -0.25) is 0 Å². The van der Waals surface area contributed by atoms with Gasteiger partial charge in [-0.05, 0) is 17.7 Å². The van der Waals surface area contributed by atoms with E-state index in [4.69, 9.17) is 17.3 Å². The Morgan fingerprint density at radius 2 is 2.06 bits per heavy atom. The predicted molar refractivity (Wildman–Crippen MR) is 58.9 cm³/mol. The molecule has 1 unspecified atom stereocenters. The zero-order valence-corrected chi connectivity index (χ0v) is 9.61. The lowest BCUT2D eigenvalue weighted by Gasteiger charge is -2.14. The molecule has 0 heterocycles. The standard InChI is InChI=1S/C9H9ClF3NOS/c10-6-2-1-5(7(14)4-16)3-8(6)15-9(11,12)13/h1-3,7,16H,4,14H2. The molecule has 0 bridgehead atoms. The van der Waals surface area contributed by atoms with E-state index in [1.807, 2.05) is 0 Å². The van der Waals surface area contributed by atoms with Crippen molar-refractivity contribution in [3.05, 3.63) is 28.8 Å². The van der Waals surface area contributed by atoms with E-state index in [9.17, 15) is 13.2 Å². The molecule has 1 aromatic rings. The van der Waals surface area contributed by atoms with Gasteiger partial charge in [0.05, 0.1) is 5.02 Å². The van der Waals surface area contributed by atoms with Crippen molar-refractivity contribution >= 4 is 24.2 Å². The van der Waals surface area contributed by atoms with Crippen LogP contribution in [0.15, 0.2) is 18.2 Å². The van der Waals surface area contributed by atoms with Gasteiger partial charge in [0.15, 0.2) is 0 Å². The van der Waals surface area contributed by atoms with E-state index in [1.165, 1.54) is 12.1 Å². The van der Waals surface area contributed by atoms with Gasteiger partial charge in [0.25, 0.3) is 0 Å². The van der Waals surface area contributed by atoms with Gasteiger partial charge in [-0.1, -0.05) is 17.7 Å². The summed E-state index contributed by atoms with van der Waals surface area (Å²) in [5.41, 5.74) is 6.11.